The zero-order valence-corrected chi connectivity index (χ0v) is 9.60. The van der Waals surface area contributed by atoms with Crippen molar-refractivity contribution in [2.75, 3.05) is 13.2 Å². The highest BCUT2D eigenvalue weighted by molar-refractivity contribution is 6.00. The molecule has 0 aliphatic heterocycles. The van der Waals surface area contributed by atoms with Gasteiger partial charge in [0.05, 0.1) is 0 Å². The van der Waals surface area contributed by atoms with Crippen LogP contribution in [0, 0.1) is 0 Å². The van der Waals surface area contributed by atoms with Crippen molar-refractivity contribution in [2.45, 2.75) is 12.8 Å². The number of benzene rings is 1. The number of nitrogens with two attached hydrogens (primary N) is 1. The van der Waals surface area contributed by atoms with Crippen LogP contribution in [0.3, 0.4) is 0 Å². The van der Waals surface area contributed by atoms with Crippen molar-refractivity contribution < 1.29 is 15.0 Å². The van der Waals surface area contributed by atoms with Crippen LogP contribution in [-0.4, -0.2) is 29.3 Å². The van der Waals surface area contributed by atoms with Crippen molar-refractivity contribution in [1.29, 1.82) is 0 Å². The van der Waals surface area contributed by atoms with Gasteiger partial charge in [0.15, 0.2) is 0 Å². The van der Waals surface area contributed by atoms with Gasteiger partial charge >= 0.3 is 0 Å². The van der Waals surface area contributed by atoms with Crippen LogP contribution in [0.25, 0.3) is 5.57 Å². The Bertz CT molecular complexity index is 398. The lowest BCUT2D eigenvalue weighted by Gasteiger charge is -2.12. The molecule has 0 radical (unpaired) electrons. The molecule has 1 aromatic rings. The molecule has 4 N–H and O–H groups in total. The molecule has 4 nitrogen and oxygen atoms in total. The highest BCUT2D eigenvalue weighted by atomic mass is 16.3. The van der Waals surface area contributed by atoms with Crippen LogP contribution >= 0.6 is 0 Å². The second-order valence-electron chi connectivity index (χ2n) is 3.63. The average Bonchev–Trinajstić information content (AvgIpc) is 2.34. The largest absolute Gasteiger partial charge is 0.396 e. The SMILES string of the molecule is NC(=O)C(CCO)=C(CCO)c1ccccc1. The van der Waals surface area contributed by atoms with E-state index in [-0.39, 0.29) is 19.6 Å². The van der Waals surface area contributed by atoms with Crippen molar-refractivity contribution in [3.05, 3.63) is 41.5 Å². The van der Waals surface area contributed by atoms with E-state index in [9.17, 15) is 4.79 Å². The molecule has 17 heavy (non-hydrogen) atoms. The third-order valence-electron chi connectivity index (χ3n) is 2.51. The fourth-order valence-corrected chi connectivity index (χ4v) is 1.76. The summed E-state index contributed by atoms with van der Waals surface area (Å²) in [6.07, 6.45) is 0.557. The molecule has 0 saturated carbocycles. The topological polar surface area (TPSA) is 83.6 Å². The molecule has 0 aromatic heterocycles. The second-order valence-corrected chi connectivity index (χ2v) is 3.63. The van der Waals surface area contributed by atoms with Crippen LogP contribution in [0.1, 0.15) is 18.4 Å². The van der Waals surface area contributed by atoms with E-state index in [1.54, 1.807) is 0 Å². The van der Waals surface area contributed by atoms with E-state index in [1.165, 1.54) is 0 Å². The predicted octanol–water partition coefficient (Wildman–Crippen LogP) is 0.690. The molecular formula is C13H17NO3. The molecule has 0 aliphatic carbocycles. The minimum atomic E-state index is -0.550. The van der Waals surface area contributed by atoms with Gasteiger partial charge in [-0.1, -0.05) is 30.3 Å². The third-order valence-corrected chi connectivity index (χ3v) is 2.51. The highest BCUT2D eigenvalue weighted by Gasteiger charge is 2.13. The number of amides is 1. The Morgan fingerprint density at radius 2 is 1.65 bits per heavy atom. The van der Waals surface area contributed by atoms with Crippen molar-refractivity contribution in [1.82, 2.24) is 0 Å². The predicted molar refractivity (Wildman–Crippen MR) is 66.0 cm³/mol. The van der Waals surface area contributed by atoms with Crippen LogP contribution in [-0.2, 0) is 4.79 Å². The lowest BCUT2D eigenvalue weighted by Crippen LogP contribution is -2.17. The number of carbonyl (C=O) groups is 1. The molecule has 0 heterocycles. The Morgan fingerprint density at radius 3 is 2.12 bits per heavy atom. The molecule has 0 bridgehead atoms. The Labute approximate surface area is 100 Å². The van der Waals surface area contributed by atoms with E-state index in [4.69, 9.17) is 15.9 Å². The minimum absolute atomic E-state index is 0.0631. The van der Waals surface area contributed by atoms with Crippen LogP contribution in [0.15, 0.2) is 35.9 Å². The Kier molecular flexibility index (Phi) is 5.39. The molecule has 0 unspecified atom stereocenters. The summed E-state index contributed by atoms with van der Waals surface area (Å²) in [5, 5.41) is 18.0. The molecule has 4 heteroatoms. The monoisotopic (exact) mass is 235 g/mol. The standard InChI is InChI=1S/C13H17NO3/c14-13(17)12(7-9-16)11(6-8-15)10-4-2-1-3-5-10/h1-5,15-16H,6-9H2,(H2,14,17). The minimum Gasteiger partial charge on any atom is -0.396 e. The van der Waals surface area contributed by atoms with Gasteiger partial charge in [0, 0.05) is 25.2 Å². The molecule has 1 amide bonds. The highest BCUT2D eigenvalue weighted by Crippen LogP contribution is 2.23. The number of aliphatic hydroxyl groups is 2. The van der Waals surface area contributed by atoms with Crippen molar-refractivity contribution in [3.8, 4) is 0 Å². The van der Waals surface area contributed by atoms with Crippen LogP contribution in [0.2, 0.25) is 0 Å². The lowest BCUT2D eigenvalue weighted by atomic mass is 9.95. The summed E-state index contributed by atoms with van der Waals surface area (Å²) in [5.74, 6) is -0.550. The lowest BCUT2D eigenvalue weighted by molar-refractivity contribution is -0.114. The zero-order valence-electron chi connectivity index (χ0n) is 9.60. The fraction of sp³-hybridized carbons (Fsp3) is 0.308. The first-order valence-corrected chi connectivity index (χ1v) is 5.49. The maximum atomic E-state index is 11.4. The Morgan fingerprint density at radius 1 is 1.06 bits per heavy atom. The molecule has 0 aliphatic rings. The number of rotatable bonds is 6. The molecule has 0 atom stereocenters. The van der Waals surface area contributed by atoms with Crippen LogP contribution in [0.4, 0.5) is 0 Å². The quantitative estimate of drug-likeness (QED) is 0.634. The molecule has 0 saturated heterocycles. The molecule has 1 aromatic carbocycles. The maximum Gasteiger partial charge on any atom is 0.245 e. The Hall–Kier alpha value is -1.65. The van der Waals surface area contributed by atoms with Crippen molar-refractivity contribution >= 4 is 11.5 Å². The summed E-state index contributed by atoms with van der Waals surface area (Å²) in [6.45, 7) is -0.202. The van der Waals surface area contributed by atoms with E-state index in [0.29, 0.717) is 17.6 Å². The van der Waals surface area contributed by atoms with Crippen LogP contribution in [0.5, 0.6) is 0 Å². The first kappa shape index (κ1) is 13.4. The van der Waals surface area contributed by atoms with E-state index in [0.717, 1.165) is 5.56 Å². The van der Waals surface area contributed by atoms with Gasteiger partial charge in [-0.05, 0) is 17.6 Å². The fourth-order valence-electron chi connectivity index (χ4n) is 1.76. The summed E-state index contributed by atoms with van der Waals surface area (Å²) in [7, 11) is 0. The van der Waals surface area contributed by atoms with Crippen molar-refractivity contribution in [2.24, 2.45) is 5.73 Å². The summed E-state index contributed by atoms with van der Waals surface area (Å²) in [6, 6.07) is 9.28. The first-order chi connectivity index (χ1) is 8.20. The van der Waals surface area contributed by atoms with E-state index in [1.807, 2.05) is 30.3 Å². The summed E-state index contributed by atoms with van der Waals surface area (Å²) >= 11 is 0. The van der Waals surface area contributed by atoms with Gasteiger partial charge in [-0.25, -0.2) is 0 Å². The number of hydrogen-bond acceptors (Lipinski definition) is 3. The normalized spacial score (nSPS) is 12.1. The number of primary amides is 1. The second kappa shape index (κ2) is 6.83. The zero-order chi connectivity index (χ0) is 12.7. The van der Waals surface area contributed by atoms with Gasteiger partial charge in [0.25, 0.3) is 0 Å². The van der Waals surface area contributed by atoms with E-state index < -0.39 is 5.91 Å². The average molecular weight is 235 g/mol. The first-order valence-electron chi connectivity index (χ1n) is 5.49. The molecule has 0 spiro atoms. The van der Waals surface area contributed by atoms with Crippen LogP contribution < -0.4 is 5.73 Å². The third kappa shape index (κ3) is 3.69. The molecule has 92 valence electrons. The number of carbonyl (C=O) groups excluding carboxylic acids is 1. The van der Waals surface area contributed by atoms with Gasteiger partial charge in [-0.15, -0.1) is 0 Å². The van der Waals surface area contributed by atoms with E-state index >= 15 is 0 Å². The summed E-state index contributed by atoms with van der Waals surface area (Å²) in [4.78, 5) is 11.4. The van der Waals surface area contributed by atoms with E-state index in [2.05, 4.69) is 0 Å². The van der Waals surface area contributed by atoms with Gasteiger partial charge in [0.2, 0.25) is 5.91 Å². The van der Waals surface area contributed by atoms with Gasteiger partial charge < -0.3 is 15.9 Å². The smallest absolute Gasteiger partial charge is 0.245 e. The molecule has 0 fully saturated rings. The Balaban J connectivity index is 3.21. The van der Waals surface area contributed by atoms with Crippen molar-refractivity contribution in [3.63, 3.8) is 0 Å². The summed E-state index contributed by atoms with van der Waals surface area (Å²) in [5.41, 5.74) is 7.24. The summed E-state index contributed by atoms with van der Waals surface area (Å²) < 4.78 is 0. The number of aliphatic hydroxyl groups excluding tert-OH is 2. The maximum absolute atomic E-state index is 11.4. The molecule has 1 rings (SSSR count). The molecular weight excluding hydrogens is 218 g/mol. The number of hydrogen-bond donors (Lipinski definition) is 3. The van der Waals surface area contributed by atoms with Gasteiger partial charge in [-0.3, -0.25) is 4.79 Å². The van der Waals surface area contributed by atoms with Gasteiger partial charge in [-0.2, -0.15) is 0 Å². The van der Waals surface area contributed by atoms with Gasteiger partial charge in [0.1, 0.15) is 0 Å².